The van der Waals surface area contributed by atoms with Crippen molar-refractivity contribution in [2.24, 2.45) is 45.3 Å². The van der Waals surface area contributed by atoms with Gasteiger partial charge in [-0.25, -0.2) is 4.79 Å². The molecule has 0 aromatic heterocycles. The van der Waals surface area contributed by atoms with Gasteiger partial charge in [-0.2, -0.15) is 0 Å². The molecule has 0 aromatic rings. The van der Waals surface area contributed by atoms with Crippen molar-refractivity contribution in [3.63, 3.8) is 0 Å². The molecular weight excluding hydrogens is 709 g/mol. The number of rotatable bonds is 16. The highest BCUT2D eigenvalue weighted by Gasteiger charge is 2.64. The molecule has 2 aliphatic heterocycles. The van der Waals surface area contributed by atoms with Gasteiger partial charge in [-0.15, -0.1) is 6.58 Å². The molecule has 11 nitrogen and oxygen atoms in total. The summed E-state index contributed by atoms with van der Waals surface area (Å²) in [6, 6.07) is -2.73. The molecule has 1 unspecified atom stereocenters. The maximum absolute atomic E-state index is 15.2. The van der Waals surface area contributed by atoms with Crippen LogP contribution in [-0.2, 0) is 28.8 Å². The van der Waals surface area contributed by atoms with Crippen LogP contribution >= 0.6 is 0 Å². The predicted molar refractivity (Wildman–Crippen MR) is 213 cm³/mol. The fraction of sp³-hybridized carbons (Fsp3) is 0.800. The third-order valence-electron chi connectivity index (χ3n) is 14.7. The number of piperidine rings is 1. The summed E-state index contributed by atoms with van der Waals surface area (Å²) in [5.41, 5.74) is -1.35. The van der Waals surface area contributed by atoms with Gasteiger partial charge in [-0.3, -0.25) is 33.7 Å². The molecule has 2 saturated heterocycles. The number of fused-ring (bicyclic) bond motifs is 2. The first-order chi connectivity index (χ1) is 26.3. The van der Waals surface area contributed by atoms with Crippen LogP contribution in [0.3, 0.4) is 0 Å². The molecule has 11 heteroatoms. The van der Waals surface area contributed by atoms with E-state index in [1.165, 1.54) is 4.90 Å². The summed E-state index contributed by atoms with van der Waals surface area (Å²) in [7, 11) is 0. The van der Waals surface area contributed by atoms with E-state index in [1.54, 1.807) is 11.0 Å². The summed E-state index contributed by atoms with van der Waals surface area (Å²) in [6.07, 6.45) is 13.5. The van der Waals surface area contributed by atoms with Gasteiger partial charge in [0.1, 0.15) is 6.04 Å². The molecule has 310 valence electrons. The molecule has 0 bridgehead atoms. The van der Waals surface area contributed by atoms with Crippen LogP contribution in [0.2, 0.25) is 0 Å². The number of ketones is 3. The smallest absolute Gasteiger partial charge is 0.315 e. The van der Waals surface area contributed by atoms with Crippen molar-refractivity contribution in [2.45, 2.75) is 169 Å². The fourth-order valence-electron chi connectivity index (χ4n) is 10.8. The molecule has 2 heterocycles. The molecule has 6 aliphatic rings. The number of hydrogen-bond acceptors (Lipinski definition) is 7. The Hall–Kier alpha value is -3.37. The first-order valence-electron chi connectivity index (χ1n) is 21.7. The lowest BCUT2D eigenvalue weighted by atomic mass is 9.70. The van der Waals surface area contributed by atoms with Gasteiger partial charge in [-0.1, -0.05) is 79.7 Å². The van der Waals surface area contributed by atoms with E-state index in [-0.39, 0.29) is 73.0 Å². The Morgan fingerprint density at radius 2 is 1.54 bits per heavy atom. The van der Waals surface area contributed by atoms with E-state index < -0.39 is 57.9 Å². The van der Waals surface area contributed by atoms with Crippen LogP contribution in [-0.4, -0.2) is 82.1 Å². The topological polar surface area (TPSA) is 150 Å². The van der Waals surface area contributed by atoms with Gasteiger partial charge in [-0.05, 0) is 90.8 Å². The summed E-state index contributed by atoms with van der Waals surface area (Å²) in [5.74, 6) is -1.99. The standard InChI is InChI=1S/C45H68N4O7/c1-8-9-13-32(50)38(54)29(22-28-14-15-28)23-33(51)37-30-16-19-45(20-21-45)31(30)26-49(37)40(55)39(44(7)17-11-10-12-18-44)47-41(56)46-34(42(2,3)4)27-48-35(52)24-43(5,6)25-36(48)53/h8,28-31,34,37,39H,1,9-27H2,2-7H3,(H2,46,47,56)/t29?,30-,31-,34+,37-,39+/m0/s1. The van der Waals surface area contributed by atoms with Crippen LogP contribution < -0.4 is 10.6 Å². The number of Topliss-reactive ketones (excluding diaryl/α,β-unsaturated/α-hetero) is 3. The molecule has 56 heavy (non-hydrogen) atoms. The minimum Gasteiger partial charge on any atom is -0.333 e. The van der Waals surface area contributed by atoms with Crippen LogP contribution in [0.15, 0.2) is 12.7 Å². The second-order valence-electron chi connectivity index (χ2n) is 20.9. The highest BCUT2D eigenvalue weighted by atomic mass is 16.2. The van der Waals surface area contributed by atoms with Gasteiger partial charge in [0.05, 0.1) is 12.1 Å². The normalized spacial score (nSPS) is 27.9. The van der Waals surface area contributed by atoms with Gasteiger partial charge in [0, 0.05) is 44.7 Å². The Kier molecular flexibility index (Phi) is 12.2. The molecule has 0 aromatic carbocycles. The Bertz CT molecular complexity index is 1580. The maximum atomic E-state index is 15.2. The molecule has 6 rings (SSSR count). The first-order valence-corrected chi connectivity index (χ1v) is 21.7. The molecular formula is C45H68N4O7. The number of amides is 5. The largest absolute Gasteiger partial charge is 0.333 e. The highest BCUT2D eigenvalue weighted by molar-refractivity contribution is 6.38. The third-order valence-corrected chi connectivity index (χ3v) is 14.7. The van der Waals surface area contributed by atoms with Gasteiger partial charge in [0.15, 0.2) is 11.6 Å². The van der Waals surface area contributed by atoms with E-state index in [4.69, 9.17) is 0 Å². The average molecular weight is 777 g/mol. The van der Waals surface area contributed by atoms with Crippen LogP contribution in [0.5, 0.6) is 0 Å². The first kappa shape index (κ1) is 42.2. The van der Waals surface area contributed by atoms with E-state index in [2.05, 4.69) is 24.1 Å². The quantitative estimate of drug-likeness (QED) is 0.101. The second kappa shape index (κ2) is 16.1. The number of hydrogen-bond donors (Lipinski definition) is 2. The molecule has 6 atom stereocenters. The number of nitrogens with one attached hydrogen (secondary N) is 2. The lowest BCUT2D eigenvalue weighted by Crippen LogP contribution is -2.63. The Balaban J connectivity index is 1.25. The third kappa shape index (κ3) is 9.17. The summed E-state index contributed by atoms with van der Waals surface area (Å²) >= 11 is 0. The van der Waals surface area contributed by atoms with Gasteiger partial charge in [0.2, 0.25) is 23.5 Å². The number of nitrogens with zero attached hydrogens (tertiary/aromatic N) is 2. The predicted octanol–water partition coefficient (Wildman–Crippen LogP) is 6.71. The molecule has 6 fully saturated rings. The van der Waals surface area contributed by atoms with E-state index in [0.29, 0.717) is 25.3 Å². The SMILES string of the molecule is C=CCCC(=O)C(=O)C(CC(=O)[C@@H]1[C@H]2CCC3(CC3)[C@H]2CN1C(=O)[C@@H](NC(=O)N[C@H](CN1C(=O)CC(C)(C)CC1=O)C(C)(C)C)C1(C)CCCCC1)CC1CC1. The van der Waals surface area contributed by atoms with Crippen molar-refractivity contribution in [1.29, 1.82) is 0 Å². The molecule has 4 saturated carbocycles. The number of carbonyl (C=O) groups is 7. The highest BCUT2D eigenvalue weighted by Crippen LogP contribution is 2.66. The van der Waals surface area contributed by atoms with Gasteiger partial charge in [0.25, 0.3) is 0 Å². The Morgan fingerprint density at radius 1 is 0.893 bits per heavy atom. The lowest BCUT2D eigenvalue weighted by Gasteiger charge is -2.43. The van der Waals surface area contributed by atoms with Crippen LogP contribution in [0.4, 0.5) is 4.79 Å². The zero-order valence-electron chi connectivity index (χ0n) is 35.0. The van der Waals surface area contributed by atoms with Crippen molar-refractivity contribution >= 4 is 41.1 Å². The molecule has 2 N–H and O–H groups in total. The summed E-state index contributed by atoms with van der Waals surface area (Å²) in [6.45, 7) is 15.9. The monoisotopic (exact) mass is 777 g/mol. The van der Waals surface area contributed by atoms with Crippen LogP contribution in [0, 0.1) is 45.3 Å². The van der Waals surface area contributed by atoms with Crippen LogP contribution in [0.25, 0.3) is 0 Å². The second-order valence-corrected chi connectivity index (χ2v) is 20.9. The Labute approximate surface area is 334 Å². The zero-order valence-corrected chi connectivity index (χ0v) is 35.0. The van der Waals surface area contributed by atoms with Crippen LogP contribution in [0.1, 0.15) is 151 Å². The van der Waals surface area contributed by atoms with E-state index in [9.17, 15) is 28.8 Å². The maximum Gasteiger partial charge on any atom is 0.315 e. The fourth-order valence-corrected chi connectivity index (χ4v) is 10.8. The lowest BCUT2D eigenvalue weighted by molar-refractivity contribution is -0.153. The Morgan fingerprint density at radius 3 is 2.11 bits per heavy atom. The number of urea groups is 1. The number of carbonyl (C=O) groups excluding carboxylic acids is 7. The number of imide groups is 1. The van der Waals surface area contributed by atoms with Gasteiger partial charge < -0.3 is 15.5 Å². The molecule has 4 aliphatic carbocycles. The summed E-state index contributed by atoms with van der Waals surface area (Å²) in [4.78, 5) is 100.0. The summed E-state index contributed by atoms with van der Waals surface area (Å²) < 4.78 is 0. The van der Waals surface area contributed by atoms with E-state index >= 15 is 4.79 Å². The minimum atomic E-state index is -0.906. The van der Waals surface area contributed by atoms with Crippen molar-refractivity contribution in [2.75, 3.05) is 13.1 Å². The molecule has 0 radical (unpaired) electrons. The zero-order chi connectivity index (χ0) is 40.8. The number of likely N-dealkylation sites (tertiary alicyclic amines) is 2. The van der Waals surface area contributed by atoms with Crippen molar-refractivity contribution < 1.29 is 33.6 Å². The number of allylic oxidation sites excluding steroid dienone is 1. The van der Waals surface area contributed by atoms with Crippen molar-refractivity contribution in [3.8, 4) is 0 Å². The molecule has 5 amide bonds. The summed E-state index contributed by atoms with van der Waals surface area (Å²) in [5, 5.41) is 6.19. The van der Waals surface area contributed by atoms with E-state index in [0.717, 1.165) is 70.6 Å². The van der Waals surface area contributed by atoms with Gasteiger partial charge >= 0.3 is 6.03 Å². The van der Waals surface area contributed by atoms with Crippen molar-refractivity contribution in [1.82, 2.24) is 20.4 Å². The minimum absolute atomic E-state index is 0.00871. The molecule has 1 spiro atoms. The average Bonchev–Trinajstić information content (AvgIpc) is 4.03. The van der Waals surface area contributed by atoms with Crippen molar-refractivity contribution in [3.05, 3.63) is 12.7 Å². The van der Waals surface area contributed by atoms with E-state index in [1.807, 2.05) is 34.6 Å².